The van der Waals surface area contributed by atoms with Gasteiger partial charge >= 0.3 is 0 Å². The molecule has 0 aliphatic heterocycles. The van der Waals surface area contributed by atoms with Crippen molar-refractivity contribution in [2.24, 2.45) is 0 Å². The van der Waals surface area contributed by atoms with Crippen molar-refractivity contribution in [2.45, 2.75) is 12.1 Å². The zero-order valence-electron chi connectivity index (χ0n) is 19.8. The highest BCUT2D eigenvalue weighted by Crippen LogP contribution is 2.37. The average Bonchev–Trinajstić information content (AvgIpc) is 2.96. The maximum absolute atomic E-state index is 4.69. The summed E-state index contributed by atoms with van der Waals surface area (Å²) in [5.41, 5.74) is 6.28. The van der Waals surface area contributed by atoms with Crippen molar-refractivity contribution in [2.75, 3.05) is 10.6 Å². The third-order valence-electron chi connectivity index (χ3n) is 6.54. The standard InChI is InChI=1S/C32H26N4/c1-3-11-25(12-4-1)31(35-27-19-7-15-23-17-9-21-33-29(23)27)32(26-13-5-2-6-14-26)36-28-20-8-16-24-18-10-22-34-30(24)28/h1-22,31-32,35-36H/t31-,32-/m1/s1. The Morgan fingerprint density at radius 3 is 1.28 bits per heavy atom. The lowest BCUT2D eigenvalue weighted by Gasteiger charge is -2.32. The highest BCUT2D eigenvalue weighted by atomic mass is 15.0. The quantitative estimate of drug-likeness (QED) is 0.252. The molecule has 4 nitrogen and oxygen atoms in total. The third-order valence-corrected chi connectivity index (χ3v) is 6.54. The molecule has 2 atom stereocenters. The van der Waals surface area contributed by atoms with E-state index < -0.39 is 0 Å². The number of benzene rings is 4. The molecule has 0 aliphatic carbocycles. The van der Waals surface area contributed by atoms with Crippen molar-refractivity contribution < 1.29 is 0 Å². The number of rotatable bonds is 7. The Morgan fingerprint density at radius 2 is 0.833 bits per heavy atom. The van der Waals surface area contributed by atoms with Crippen LogP contribution in [0.1, 0.15) is 23.2 Å². The van der Waals surface area contributed by atoms with Crippen LogP contribution in [0, 0.1) is 0 Å². The molecule has 0 radical (unpaired) electrons. The first-order chi connectivity index (χ1) is 17.9. The zero-order valence-corrected chi connectivity index (χ0v) is 19.8. The van der Waals surface area contributed by atoms with E-state index in [1.165, 1.54) is 11.1 Å². The van der Waals surface area contributed by atoms with Crippen molar-refractivity contribution in [1.29, 1.82) is 0 Å². The lowest BCUT2D eigenvalue weighted by Crippen LogP contribution is -2.26. The molecular formula is C32H26N4. The molecule has 0 spiro atoms. The molecule has 0 saturated heterocycles. The summed E-state index contributed by atoms with van der Waals surface area (Å²) in [6.45, 7) is 0. The minimum Gasteiger partial charge on any atom is -0.374 e. The summed E-state index contributed by atoms with van der Waals surface area (Å²) in [4.78, 5) is 9.38. The van der Waals surface area contributed by atoms with E-state index in [-0.39, 0.29) is 12.1 Å². The van der Waals surface area contributed by atoms with Gasteiger partial charge in [-0.15, -0.1) is 0 Å². The summed E-state index contributed by atoms with van der Waals surface area (Å²) < 4.78 is 0. The average molecular weight is 467 g/mol. The van der Waals surface area contributed by atoms with E-state index in [1.54, 1.807) is 0 Å². The van der Waals surface area contributed by atoms with Crippen LogP contribution in [0.3, 0.4) is 0 Å². The lowest BCUT2D eigenvalue weighted by atomic mass is 9.92. The minimum atomic E-state index is -0.0832. The number of hydrogen-bond donors (Lipinski definition) is 2. The first kappa shape index (κ1) is 21.8. The van der Waals surface area contributed by atoms with Gasteiger partial charge in [-0.3, -0.25) is 9.97 Å². The molecule has 6 aromatic rings. The second kappa shape index (κ2) is 9.88. The van der Waals surface area contributed by atoms with Gasteiger partial charge in [0.05, 0.1) is 34.5 Å². The van der Waals surface area contributed by atoms with Crippen LogP contribution >= 0.6 is 0 Å². The van der Waals surface area contributed by atoms with Crippen LogP contribution < -0.4 is 10.6 Å². The molecule has 4 aromatic carbocycles. The topological polar surface area (TPSA) is 49.8 Å². The van der Waals surface area contributed by atoms with E-state index in [1.807, 2.05) is 24.5 Å². The molecule has 4 heteroatoms. The molecule has 0 unspecified atom stereocenters. The Morgan fingerprint density at radius 1 is 0.417 bits per heavy atom. The molecular weight excluding hydrogens is 440 g/mol. The number of para-hydroxylation sites is 2. The van der Waals surface area contributed by atoms with Crippen molar-refractivity contribution in [3.8, 4) is 0 Å². The molecule has 0 saturated carbocycles. The summed E-state index contributed by atoms with van der Waals surface area (Å²) in [6, 6.07) is 41.7. The molecule has 0 aliphatic rings. The predicted octanol–water partition coefficient (Wildman–Crippen LogP) is 7.79. The largest absolute Gasteiger partial charge is 0.374 e. The van der Waals surface area contributed by atoms with Gasteiger partial charge in [0, 0.05) is 23.2 Å². The van der Waals surface area contributed by atoms with Crippen molar-refractivity contribution in [3.63, 3.8) is 0 Å². The Bertz CT molecular complexity index is 1470. The fourth-order valence-corrected chi connectivity index (χ4v) is 4.82. The Labute approximate surface area is 210 Å². The van der Waals surface area contributed by atoms with Crippen LogP contribution in [0.2, 0.25) is 0 Å². The van der Waals surface area contributed by atoms with Crippen molar-refractivity contribution in [1.82, 2.24) is 9.97 Å². The number of aromatic nitrogens is 2. The van der Waals surface area contributed by atoms with Crippen LogP contribution in [0.4, 0.5) is 11.4 Å². The van der Waals surface area contributed by atoms with E-state index >= 15 is 0 Å². The molecule has 0 fully saturated rings. The molecule has 0 bridgehead atoms. The van der Waals surface area contributed by atoms with Gasteiger partial charge in [0.1, 0.15) is 0 Å². The number of anilines is 2. The summed E-state index contributed by atoms with van der Waals surface area (Å²) in [5, 5.41) is 9.94. The van der Waals surface area contributed by atoms with Gasteiger partial charge in [0.2, 0.25) is 0 Å². The second-order valence-electron chi connectivity index (χ2n) is 8.83. The van der Waals surface area contributed by atoms with Gasteiger partial charge in [-0.25, -0.2) is 0 Å². The normalized spacial score (nSPS) is 12.8. The Kier molecular flexibility index (Phi) is 5.99. The van der Waals surface area contributed by atoms with Crippen LogP contribution in [-0.2, 0) is 0 Å². The van der Waals surface area contributed by atoms with Crippen LogP contribution in [0.15, 0.2) is 134 Å². The molecule has 174 valence electrons. The van der Waals surface area contributed by atoms with Gasteiger partial charge in [0.15, 0.2) is 0 Å². The predicted molar refractivity (Wildman–Crippen MR) is 149 cm³/mol. The zero-order chi connectivity index (χ0) is 24.2. The van der Waals surface area contributed by atoms with Crippen molar-refractivity contribution in [3.05, 3.63) is 145 Å². The minimum absolute atomic E-state index is 0.0832. The number of pyridine rings is 2. The number of hydrogen-bond acceptors (Lipinski definition) is 4. The maximum atomic E-state index is 4.69. The maximum Gasteiger partial charge on any atom is 0.0933 e. The fourth-order valence-electron chi connectivity index (χ4n) is 4.82. The lowest BCUT2D eigenvalue weighted by molar-refractivity contribution is 0.651. The van der Waals surface area contributed by atoms with Gasteiger partial charge < -0.3 is 10.6 Å². The molecule has 36 heavy (non-hydrogen) atoms. The molecule has 6 rings (SSSR count). The van der Waals surface area contributed by atoms with E-state index in [4.69, 9.17) is 9.97 Å². The van der Waals surface area contributed by atoms with Crippen molar-refractivity contribution >= 4 is 33.2 Å². The number of nitrogens with one attached hydrogen (secondary N) is 2. The van der Waals surface area contributed by atoms with E-state index in [2.05, 4.69) is 120 Å². The second-order valence-corrected chi connectivity index (χ2v) is 8.83. The smallest absolute Gasteiger partial charge is 0.0933 e. The van der Waals surface area contributed by atoms with E-state index in [9.17, 15) is 0 Å². The number of nitrogens with zero attached hydrogens (tertiary/aromatic N) is 2. The van der Waals surface area contributed by atoms with Gasteiger partial charge in [-0.1, -0.05) is 97.1 Å². The van der Waals surface area contributed by atoms with E-state index in [0.29, 0.717) is 0 Å². The van der Waals surface area contributed by atoms with Gasteiger partial charge in [-0.05, 0) is 35.4 Å². The molecule has 2 N–H and O–H groups in total. The van der Waals surface area contributed by atoms with Gasteiger partial charge in [0.25, 0.3) is 0 Å². The Hall–Kier alpha value is -4.70. The van der Waals surface area contributed by atoms with Crippen LogP contribution in [0.5, 0.6) is 0 Å². The SMILES string of the molecule is c1ccc([C@@H](Nc2cccc3cccnc23)[C@H](Nc2cccc3cccnc23)c2ccccc2)cc1. The monoisotopic (exact) mass is 466 g/mol. The summed E-state index contributed by atoms with van der Waals surface area (Å²) >= 11 is 0. The summed E-state index contributed by atoms with van der Waals surface area (Å²) in [5.74, 6) is 0. The molecule has 0 amide bonds. The third kappa shape index (κ3) is 4.37. The molecule has 2 heterocycles. The molecule has 2 aromatic heterocycles. The Balaban J connectivity index is 1.50. The highest BCUT2D eigenvalue weighted by Gasteiger charge is 2.26. The van der Waals surface area contributed by atoms with Crippen LogP contribution in [-0.4, -0.2) is 9.97 Å². The number of fused-ring (bicyclic) bond motifs is 2. The summed E-state index contributed by atoms with van der Waals surface area (Å²) in [7, 11) is 0. The first-order valence-electron chi connectivity index (χ1n) is 12.2. The fraction of sp³-hybridized carbons (Fsp3) is 0.0625. The van der Waals surface area contributed by atoms with Gasteiger partial charge in [-0.2, -0.15) is 0 Å². The highest BCUT2D eigenvalue weighted by molar-refractivity contribution is 5.91. The van der Waals surface area contributed by atoms with Crippen LogP contribution in [0.25, 0.3) is 21.8 Å². The first-order valence-corrected chi connectivity index (χ1v) is 12.2. The van der Waals surface area contributed by atoms with E-state index in [0.717, 1.165) is 33.2 Å². The summed E-state index contributed by atoms with van der Waals surface area (Å²) in [6.07, 6.45) is 3.69.